The van der Waals surface area contributed by atoms with E-state index in [4.69, 9.17) is 4.74 Å². The van der Waals surface area contributed by atoms with Crippen LogP contribution >= 0.6 is 0 Å². The Morgan fingerprint density at radius 3 is 2.31 bits per heavy atom. The van der Waals surface area contributed by atoms with Crippen molar-refractivity contribution in [3.05, 3.63) is 77.4 Å². The van der Waals surface area contributed by atoms with Crippen molar-refractivity contribution >= 4 is 28.9 Å². The summed E-state index contributed by atoms with van der Waals surface area (Å²) >= 11 is 0. The number of para-hydroxylation sites is 1. The Morgan fingerprint density at radius 1 is 0.889 bits per heavy atom. The second kappa shape index (κ2) is 13.1. The first-order valence-corrected chi connectivity index (χ1v) is 15.9. The van der Waals surface area contributed by atoms with Gasteiger partial charge in [-0.05, 0) is 54.2 Å². The molecular weight excluding hydrogens is 581 g/mol. The molecule has 3 aliphatic rings. The van der Waals surface area contributed by atoms with Crippen molar-refractivity contribution in [3.63, 3.8) is 0 Å². The Morgan fingerprint density at radius 2 is 1.58 bits per heavy atom. The van der Waals surface area contributed by atoms with Crippen molar-refractivity contribution in [2.75, 3.05) is 67.6 Å². The molecule has 2 saturated heterocycles. The molecule has 2 heterocycles. The zero-order chi connectivity index (χ0) is 31.6. The maximum Gasteiger partial charge on any atom is 0.406 e. The van der Waals surface area contributed by atoms with Crippen LogP contribution in [0, 0.1) is 0 Å². The summed E-state index contributed by atoms with van der Waals surface area (Å²) < 4.78 is 46.9. The number of nitrogens with one attached hydrogen (secondary N) is 1. The zero-order valence-electron chi connectivity index (χ0n) is 25.5. The first-order chi connectivity index (χ1) is 21.8. The Bertz CT molecular complexity index is 1550. The molecule has 6 rings (SSSR count). The normalized spacial score (nSPS) is 17.6. The fourth-order valence-electron chi connectivity index (χ4n) is 6.84. The highest BCUT2D eigenvalue weighted by Crippen LogP contribution is 2.52. The van der Waals surface area contributed by atoms with Gasteiger partial charge in [0.05, 0.1) is 36.1 Å². The van der Waals surface area contributed by atoms with Gasteiger partial charge >= 0.3 is 6.18 Å². The molecule has 2 amide bonds. The second-order valence-corrected chi connectivity index (χ2v) is 11.9. The van der Waals surface area contributed by atoms with E-state index in [-0.39, 0.29) is 12.5 Å². The van der Waals surface area contributed by atoms with Gasteiger partial charge in [-0.25, -0.2) is 0 Å². The lowest BCUT2D eigenvalue weighted by Gasteiger charge is -2.31. The predicted octanol–water partition coefficient (Wildman–Crippen LogP) is 6.68. The van der Waals surface area contributed by atoms with E-state index in [0.717, 1.165) is 53.3 Å². The number of benzene rings is 3. The van der Waals surface area contributed by atoms with Gasteiger partial charge in [-0.15, -0.1) is 0 Å². The lowest BCUT2D eigenvalue weighted by molar-refractivity contribution is -0.161. The van der Waals surface area contributed by atoms with Crippen LogP contribution in [-0.2, 0) is 9.53 Å². The summed E-state index contributed by atoms with van der Waals surface area (Å²) in [4.78, 5) is 33.8. The molecule has 2 fully saturated rings. The number of carbonyl (C=O) groups excluding carboxylic acids is 2. The number of anilines is 3. The predicted molar refractivity (Wildman–Crippen MR) is 170 cm³/mol. The summed E-state index contributed by atoms with van der Waals surface area (Å²) in [5.74, 6) is -1.91. The molecule has 1 unspecified atom stereocenters. The maximum absolute atomic E-state index is 14.3. The molecule has 1 aliphatic carbocycles. The number of hydrogen-bond donors (Lipinski definition) is 1. The molecule has 45 heavy (non-hydrogen) atoms. The van der Waals surface area contributed by atoms with Crippen LogP contribution in [0.4, 0.5) is 30.2 Å². The molecule has 0 radical (unpaired) electrons. The average molecular weight is 621 g/mol. The monoisotopic (exact) mass is 620 g/mol. The topological polar surface area (TPSA) is 65.1 Å². The molecule has 1 atom stereocenters. The van der Waals surface area contributed by atoms with Crippen LogP contribution < -0.4 is 15.1 Å². The van der Waals surface area contributed by atoms with Crippen molar-refractivity contribution in [2.45, 2.75) is 44.7 Å². The molecule has 7 nitrogen and oxygen atoms in total. The van der Waals surface area contributed by atoms with Crippen LogP contribution in [0.3, 0.4) is 0 Å². The lowest BCUT2D eigenvalue weighted by Crippen LogP contribution is -2.42. The minimum atomic E-state index is -4.54. The van der Waals surface area contributed by atoms with E-state index in [1.165, 1.54) is 0 Å². The smallest absolute Gasteiger partial charge is 0.378 e. The minimum Gasteiger partial charge on any atom is -0.378 e. The second-order valence-electron chi connectivity index (χ2n) is 11.9. The van der Waals surface area contributed by atoms with Crippen LogP contribution in [0.25, 0.3) is 11.1 Å². The van der Waals surface area contributed by atoms with Crippen LogP contribution in [0.2, 0.25) is 0 Å². The van der Waals surface area contributed by atoms with Crippen molar-refractivity contribution in [1.29, 1.82) is 0 Å². The van der Waals surface area contributed by atoms with Crippen LogP contribution in [0.15, 0.2) is 60.7 Å². The number of amides is 2. The molecule has 2 aliphatic heterocycles. The third-order valence-corrected chi connectivity index (χ3v) is 8.97. The van der Waals surface area contributed by atoms with Gasteiger partial charge in [0.15, 0.2) is 0 Å². The third-order valence-electron chi connectivity index (χ3n) is 8.97. The van der Waals surface area contributed by atoms with Gasteiger partial charge in [0, 0.05) is 44.0 Å². The highest BCUT2D eigenvalue weighted by atomic mass is 19.4. The number of rotatable bonds is 9. The summed E-state index contributed by atoms with van der Waals surface area (Å²) in [6, 6.07) is 18.7. The molecule has 10 heteroatoms. The minimum absolute atomic E-state index is 0.00325. The summed E-state index contributed by atoms with van der Waals surface area (Å²) in [5, 5.41) is 3.20. The first-order valence-electron chi connectivity index (χ1n) is 15.9. The van der Waals surface area contributed by atoms with Gasteiger partial charge in [0.2, 0.25) is 5.91 Å². The summed E-state index contributed by atoms with van der Waals surface area (Å²) in [5.41, 5.74) is 5.33. The number of hydrogen-bond acceptors (Lipinski definition) is 5. The number of morpholine rings is 1. The van der Waals surface area contributed by atoms with E-state index in [0.29, 0.717) is 61.5 Å². The SMILES string of the molecule is CCCCN(CC(F)(F)F)C(=O)C1c2ccccc2-c2ccc(N3CCCC3)c(NC(=O)c3ccccc3N3CCOCC3)c21. The van der Waals surface area contributed by atoms with Crippen molar-refractivity contribution < 1.29 is 27.5 Å². The zero-order valence-corrected chi connectivity index (χ0v) is 25.5. The number of fused-ring (bicyclic) bond motifs is 3. The quantitative estimate of drug-likeness (QED) is 0.289. The highest BCUT2D eigenvalue weighted by Gasteiger charge is 2.42. The maximum atomic E-state index is 14.3. The number of halogens is 3. The van der Waals surface area contributed by atoms with Crippen LogP contribution in [0.5, 0.6) is 0 Å². The molecule has 238 valence electrons. The van der Waals surface area contributed by atoms with E-state index in [1.807, 2.05) is 61.5 Å². The van der Waals surface area contributed by atoms with Gasteiger partial charge < -0.3 is 24.8 Å². The van der Waals surface area contributed by atoms with Crippen molar-refractivity contribution in [3.8, 4) is 11.1 Å². The van der Waals surface area contributed by atoms with E-state index >= 15 is 0 Å². The van der Waals surface area contributed by atoms with Gasteiger partial charge in [-0.3, -0.25) is 9.59 Å². The van der Waals surface area contributed by atoms with Crippen molar-refractivity contribution in [1.82, 2.24) is 4.90 Å². The van der Waals surface area contributed by atoms with Crippen molar-refractivity contribution in [2.24, 2.45) is 0 Å². The van der Waals surface area contributed by atoms with Gasteiger partial charge in [-0.1, -0.05) is 55.8 Å². The van der Waals surface area contributed by atoms with Gasteiger partial charge in [0.25, 0.3) is 5.91 Å². The third kappa shape index (κ3) is 6.38. The number of alkyl halides is 3. The molecule has 0 spiro atoms. The highest BCUT2D eigenvalue weighted by molar-refractivity contribution is 6.12. The van der Waals surface area contributed by atoms with Crippen LogP contribution in [-0.4, -0.2) is 75.4 Å². The number of ether oxygens (including phenoxy) is 1. The first kappa shape index (κ1) is 31.0. The van der Waals surface area contributed by atoms with Crippen LogP contribution in [0.1, 0.15) is 60.0 Å². The molecule has 0 bridgehead atoms. The molecular formula is C35H39F3N4O3. The molecule has 0 saturated carbocycles. The molecule has 3 aromatic rings. The fourth-order valence-corrected chi connectivity index (χ4v) is 6.84. The summed E-state index contributed by atoms with van der Waals surface area (Å²) in [6.07, 6.45) is -1.45. The van der Waals surface area contributed by atoms with E-state index in [9.17, 15) is 22.8 Å². The number of nitrogens with zero attached hydrogens (tertiary/aromatic N) is 3. The Kier molecular flexibility index (Phi) is 9.03. The van der Waals surface area contributed by atoms with E-state index < -0.39 is 24.5 Å². The Balaban J connectivity index is 1.47. The van der Waals surface area contributed by atoms with E-state index in [1.54, 1.807) is 6.07 Å². The van der Waals surface area contributed by atoms with Gasteiger partial charge in [-0.2, -0.15) is 13.2 Å². The lowest BCUT2D eigenvalue weighted by atomic mass is 9.92. The summed E-state index contributed by atoms with van der Waals surface area (Å²) in [7, 11) is 0. The Hall–Kier alpha value is -4.05. The Labute approximate surface area is 261 Å². The number of unbranched alkanes of at least 4 members (excludes halogenated alkanes) is 1. The standard InChI is InChI=1S/C35H39F3N4O3/c1-2-3-16-42(23-35(36,37)38)34(44)31-25-11-5-4-10-24(25)26-14-15-29(40-17-8-9-18-40)32(30(26)31)39-33(43)27-12-6-7-13-28(27)41-19-21-45-22-20-41/h4-7,10-15,31H,2-3,8-9,16-23H2,1H3,(H,39,43). The summed E-state index contributed by atoms with van der Waals surface area (Å²) in [6.45, 7) is 4.59. The average Bonchev–Trinajstić information content (AvgIpc) is 3.70. The van der Waals surface area contributed by atoms with E-state index in [2.05, 4.69) is 15.1 Å². The fraction of sp³-hybridized carbons (Fsp3) is 0.429. The largest absolute Gasteiger partial charge is 0.406 e. The molecule has 1 N–H and O–H groups in total. The van der Waals surface area contributed by atoms with Gasteiger partial charge in [0.1, 0.15) is 6.54 Å². The number of carbonyl (C=O) groups is 2. The molecule has 3 aromatic carbocycles. The molecule has 0 aromatic heterocycles.